The molecule has 2 aromatic heterocycles. The van der Waals surface area contributed by atoms with Gasteiger partial charge < -0.3 is 9.67 Å². The van der Waals surface area contributed by atoms with E-state index >= 15 is 0 Å². The average molecular weight is 340 g/mol. The molecule has 1 unspecified atom stereocenters. The summed E-state index contributed by atoms with van der Waals surface area (Å²) in [5, 5.41) is 14.5. The van der Waals surface area contributed by atoms with Crippen LogP contribution in [0.15, 0.2) is 22.9 Å². The first-order chi connectivity index (χ1) is 9.60. The number of aliphatic hydroxyl groups is 1. The maximum absolute atomic E-state index is 9.87. The Hall–Kier alpha value is -1.07. The fourth-order valence-corrected chi connectivity index (χ4v) is 3.02. The fraction of sp³-hybridized carbons (Fsp3) is 0.533. The van der Waals surface area contributed by atoms with Gasteiger partial charge in [0.1, 0.15) is 0 Å². The molecule has 0 aliphatic rings. The molecular weight excluding hydrogens is 318 g/mol. The standard InChI is InChI=1S/C15H22BrN3O/c1-4-12-15(16)13(19(6-3)17-12)10-18-8-7-11(9-18)14(20)5-2/h7-9,14,20H,4-6,10H2,1-3H3. The molecule has 4 nitrogen and oxygen atoms in total. The highest BCUT2D eigenvalue weighted by atomic mass is 79.9. The largest absolute Gasteiger partial charge is 0.388 e. The molecule has 0 aromatic carbocycles. The van der Waals surface area contributed by atoms with Gasteiger partial charge in [0.2, 0.25) is 0 Å². The summed E-state index contributed by atoms with van der Waals surface area (Å²) in [4.78, 5) is 0. The average Bonchev–Trinajstić information content (AvgIpc) is 3.04. The number of aromatic nitrogens is 3. The summed E-state index contributed by atoms with van der Waals surface area (Å²) in [5.74, 6) is 0. The van der Waals surface area contributed by atoms with Crippen LogP contribution in [0.3, 0.4) is 0 Å². The third kappa shape index (κ3) is 2.99. The molecule has 0 radical (unpaired) electrons. The second-order valence-corrected chi connectivity index (χ2v) is 5.71. The molecule has 0 saturated carbocycles. The van der Waals surface area contributed by atoms with Gasteiger partial charge in [-0.3, -0.25) is 4.68 Å². The quantitative estimate of drug-likeness (QED) is 0.874. The van der Waals surface area contributed by atoms with Crippen molar-refractivity contribution in [3.63, 3.8) is 0 Å². The molecule has 2 rings (SSSR count). The summed E-state index contributed by atoms with van der Waals surface area (Å²) in [6.07, 6.45) is 5.31. The van der Waals surface area contributed by atoms with E-state index in [1.54, 1.807) is 0 Å². The van der Waals surface area contributed by atoms with Crippen molar-refractivity contribution >= 4 is 15.9 Å². The molecule has 1 N–H and O–H groups in total. The summed E-state index contributed by atoms with van der Waals surface area (Å²) >= 11 is 3.66. The fourth-order valence-electron chi connectivity index (χ4n) is 2.33. The van der Waals surface area contributed by atoms with Gasteiger partial charge in [0.15, 0.2) is 0 Å². The number of rotatable bonds is 6. The zero-order valence-corrected chi connectivity index (χ0v) is 13.9. The molecular formula is C15H22BrN3O. The van der Waals surface area contributed by atoms with Crippen LogP contribution in [-0.2, 0) is 19.5 Å². The van der Waals surface area contributed by atoms with E-state index in [1.807, 2.05) is 30.1 Å². The van der Waals surface area contributed by atoms with Crippen LogP contribution in [0.25, 0.3) is 0 Å². The van der Waals surface area contributed by atoms with Gasteiger partial charge in [-0.05, 0) is 47.3 Å². The van der Waals surface area contributed by atoms with E-state index < -0.39 is 0 Å². The topological polar surface area (TPSA) is 43.0 Å². The molecule has 0 saturated heterocycles. The number of hydrogen-bond acceptors (Lipinski definition) is 2. The van der Waals surface area contributed by atoms with Crippen molar-refractivity contribution in [1.82, 2.24) is 14.3 Å². The van der Waals surface area contributed by atoms with Crippen molar-refractivity contribution < 1.29 is 5.11 Å². The van der Waals surface area contributed by atoms with Crippen molar-refractivity contribution in [2.45, 2.75) is 52.8 Å². The first-order valence-corrected chi connectivity index (χ1v) is 7.97. The molecule has 2 aromatic rings. The van der Waals surface area contributed by atoms with Crippen LogP contribution in [0, 0.1) is 0 Å². The molecule has 0 bridgehead atoms. The highest BCUT2D eigenvalue weighted by Gasteiger charge is 2.14. The van der Waals surface area contributed by atoms with Crippen LogP contribution >= 0.6 is 15.9 Å². The molecule has 0 aliphatic heterocycles. The number of aryl methyl sites for hydroxylation is 2. The van der Waals surface area contributed by atoms with Crippen molar-refractivity contribution in [3.8, 4) is 0 Å². The van der Waals surface area contributed by atoms with Gasteiger partial charge in [0, 0.05) is 18.9 Å². The Kier molecular flexibility index (Phi) is 5.05. The first kappa shape index (κ1) is 15.3. The van der Waals surface area contributed by atoms with Gasteiger partial charge in [-0.15, -0.1) is 0 Å². The van der Waals surface area contributed by atoms with E-state index in [1.165, 1.54) is 5.69 Å². The van der Waals surface area contributed by atoms with Gasteiger partial charge in [-0.1, -0.05) is 13.8 Å². The van der Waals surface area contributed by atoms with E-state index in [2.05, 4.69) is 39.4 Å². The molecule has 0 amide bonds. The first-order valence-electron chi connectivity index (χ1n) is 7.18. The number of hydrogen-bond donors (Lipinski definition) is 1. The maximum Gasteiger partial charge on any atom is 0.0802 e. The van der Waals surface area contributed by atoms with E-state index in [9.17, 15) is 5.11 Å². The number of aliphatic hydroxyl groups excluding tert-OH is 1. The summed E-state index contributed by atoms with van der Waals surface area (Å²) in [7, 11) is 0. The predicted octanol–water partition coefficient (Wildman–Crippen LogP) is 3.52. The Morgan fingerprint density at radius 2 is 2.10 bits per heavy atom. The molecule has 5 heteroatoms. The lowest BCUT2D eigenvalue weighted by Gasteiger charge is -2.07. The lowest BCUT2D eigenvalue weighted by Crippen LogP contribution is -2.07. The minimum Gasteiger partial charge on any atom is -0.388 e. The van der Waals surface area contributed by atoms with E-state index in [0.29, 0.717) is 0 Å². The van der Waals surface area contributed by atoms with Crippen molar-refractivity contribution in [2.75, 3.05) is 0 Å². The molecule has 110 valence electrons. The van der Waals surface area contributed by atoms with E-state index in [4.69, 9.17) is 0 Å². The zero-order chi connectivity index (χ0) is 14.7. The Morgan fingerprint density at radius 3 is 2.70 bits per heavy atom. The number of halogens is 1. The third-order valence-corrected chi connectivity index (χ3v) is 4.49. The lowest BCUT2D eigenvalue weighted by molar-refractivity contribution is 0.173. The van der Waals surface area contributed by atoms with E-state index in [-0.39, 0.29) is 6.10 Å². The SMILES string of the molecule is CCc1nn(CC)c(Cn2ccc(C(O)CC)c2)c1Br. The van der Waals surface area contributed by atoms with Gasteiger partial charge in [-0.25, -0.2) is 0 Å². The smallest absolute Gasteiger partial charge is 0.0802 e. The summed E-state index contributed by atoms with van der Waals surface area (Å²) in [5.41, 5.74) is 3.25. The zero-order valence-electron chi connectivity index (χ0n) is 12.3. The Morgan fingerprint density at radius 1 is 1.35 bits per heavy atom. The van der Waals surface area contributed by atoms with Crippen molar-refractivity contribution in [2.24, 2.45) is 0 Å². The van der Waals surface area contributed by atoms with Crippen LogP contribution < -0.4 is 0 Å². The predicted molar refractivity (Wildman–Crippen MR) is 83.8 cm³/mol. The van der Waals surface area contributed by atoms with Crippen LogP contribution in [0.4, 0.5) is 0 Å². The van der Waals surface area contributed by atoms with Gasteiger partial charge in [0.05, 0.1) is 28.5 Å². The molecule has 2 heterocycles. The van der Waals surface area contributed by atoms with Crippen molar-refractivity contribution in [1.29, 1.82) is 0 Å². The minimum absolute atomic E-state index is 0.373. The molecule has 20 heavy (non-hydrogen) atoms. The second kappa shape index (κ2) is 6.59. The monoisotopic (exact) mass is 339 g/mol. The summed E-state index contributed by atoms with van der Waals surface area (Å²) < 4.78 is 5.24. The Labute approximate surface area is 128 Å². The van der Waals surface area contributed by atoms with Crippen LogP contribution in [0.5, 0.6) is 0 Å². The third-order valence-electron chi connectivity index (χ3n) is 3.57. The van der Waals surface area contributed by atoms with Crippen LogP contribution in [-0.4, -0.2) is 19.5 Å². The Balaban J connectivity index is 2.25. The lowest BCUT2D eigenvalue weighted by atomic mass is 10.1. The van der Waals surface area contributed by atoms with Gasteiger partial charge in [0.25, 0.3) is 0 Å². The molecule has 0 fully saturated rings. The normalized spacial score (nSPS) is 12.8. The second-order valence-electron chi connectivity index (χ2n) is 4.92. The van der Waals surface area contributed by atoms with Gasteiger partial charge in [-0.2, -0.15) is 5.10 Å². The highest BCUT2D eigenvalue weighted by Crippen LogP contribution is 2.24. The van der Waals surface area contributed by atoms with Crippen LogP contribution in [0.2, 0.25) is 0 Å². The Bertz CT molecular complexity index is 574. The number of nitrogens with zero attached hydrogens (tertiary/aromatic N) is 3. The van der Waals surface area contributed by atoms with E-state index in [0.717, 1.165) is 41.7 Å². The highest BCUT2D eigenvalue weighted by molar-refractivity contribution is 9.10. The van der Waals surface area contributed by atoms with Crippen molar-refractivity contribution in [3.05, 3.63) is 39.9 Å². The van der Waals surface area contributed by atoms with Gasteiger partial charge >= 0.3 is 0 Å². The summed E-state index contributed by atoms with van der Waals surface area (Å²) in [6, 6.07) is 1.98. The molecule has 0 aliphatic carbocycles. The van der Waals surface area contributed by atoms with Crippen LogP contribution in [0.1, 0.15) is 50.2 Å². The summed E-state index contributed by atoms with van der Waals surface area (Å²) in [6.45, 7) is 7.82. The molecule has 0 spiro atoms. The maximum atomic E-state index is 9.87. The minimum atomic E-state index is -0.373. The molecule has 1 atom stereocenters.